The minimum Gasteiger partial charge on any atom is -0.507 e. The molecule has 0 bridgehead atoms. The highest BCUT2D eigenvalue weighted by atomic mass is 32.1. The van der Waals surface area contributed by atoms with E-state index in [1.807, 2.05) is 91.9 Å². The molecule has 0 saturated heterocycles. The van der Waals surface area contributed by atoms with Gasteiger partial charge >= 0.3 is 0 Å². The Morgan fingerprint density at radius 2 is 1.70 bits per heavy atom. The summed E-state index contributed by atoms with van der Waals surface area (Å²) >= 11 is 1.49. The van der Waals surface area contributed by atoms with Crippen molar-refractivity contribution in [3.05, 3.63) is 102 Å². The van der Waals surface area contributed by atoms with E-state index in [4.69, 9.17) is 10.8 Å². The zero-order valence-corrected chi connectivity index (χ0v) is 21.3. The molecular formula is C29H27N5O2S. The smallest absolute Gasteiger partial charge is 0.204 e. The van der Waals surface area contributed by atoms with E-state index in [0.717, 1.165) is 39.3 Å². The molecule has 0 spiro atoms. The molecule has 0 aliphatic carbocycles. The number of aromatic hydroxyl groups is 1. The van der Waals surface area contributed by atoms with Crippen LogP contribution >= 0.6 is 11.3 Å². The van der Waals surface area contributed by atoms with Gasteiger partial charge in [0.1, 0.15) is 11.8 Å². The third-order valence-corrected chi connectivity index (χ3v) is 6.08. The van der Waals surface area contributed by atoms with Crippen LogP contribution in [0.15, 0.2) is 95.6 Å². The lowest BCUT2D eigenvalue weighted by atomic mass is 9.98. The first-order chi connectivity index (χ1) is 18.0. The number of fused-ring (bicyclic) bond motifs is 2. The number of para-hydroxylation sites is 2. The normalized spacial score (nSPS) is 10.8. The van der Waals surface area contributed by atoms with Gasteiger partial charge in [0, 0.05) is 18.4 Å². The van der Waals surface area contributed by atoms with Crippen LogP contribution in [0.5, 0.6) is 5.75 Å². The van der Waals surface area contributed by atoms with Crippen LogP contribution in [0.4, 0.5) is 10.8 Å². The van der Waals surface area contributed by atoms with Gasteiger partial charge < -0.3 is 15.9 Å². The zero-order chi connectivity index (χ0) is 26.6. The maximum atomic E-state index is 10.5. The Bertz CT molecular complexity index is 1540. The number of hydrogen-bond donors (Lipinski definition) is 4. The number of aliphatic hydroxyl groups excluding tert-OH is 1. The second kappa shape index (κ2) is 13.4. The topological polar surface area (TPSA) is 128 Å². The SMILES string of the molecule is CO.Cc1cc2ccccc2c(/C=C(C#N)/C=N\Nc2nc3ccccc3s2)c1O.Nc1ccccc1. The molecule has 0 amide bonds. The Kier molecular flexibility index (Phi) is 9.74. The minimum atomic E-state index is 0.166. The molecular weight excluding hydrogens is 482 g/mol. The number of hydrazone groups is 1. The first-order valence-electron chi connectivity index (χ1n) is 11.3. The number of hydrogen-bond acceptors (Lipinski definition) is 8. The summed E-state index contributed by atoms with van der Waals surface area (Å²) < 4.78 is 1.06. The van der Waals surface area contributed by atoms with Gasteiger partial charge in [0.2, 0.25) is 5.13 Å². The second-order valence-electron chi connectivity index (χ2n) is 7.66. The van der Waals surface area contributed by atoms with Gasteiger partial charge in [0.25, 0.3) is 0 Å². The molecule has 0 aliphatic rings. The third kappa shape index (κ3) is 7.15. The van der Waals surface area contributed by atoms with Crippen LogP contribution in [0.1, 0.15) is 11.1 Å². The van der Waals surface area contributed by atoms with Crippen LogP contribution < -0.4 is 11.2 Å². The number of rotatable bonds is 4. The van der Waals surface area contributed by atoms with E-state index in [-0.39, 0.29) is 5.75 Å². The van der Waals surface area contributed by atoms with Crippen molar-refractivity contribution >= 4 is 55.4 Å². The van der Waals surface area contributed by atoms with Gasteiger partial charge in [-0.25, -0.2) is 4.98 Å². The Hall–Kier alpha value is -4.71. The molecule has 0 unspecified atom stereocenters. The first kappa shape index (κ1) is 26.9. The van der Waals surface area contributed by atoms with E-state index in [1.165, 1.54) is 17.6 Å². The average Bonchev–Trinajstić information content (AvgIpc) is 3.35. The molecule has 0 aliphatic heterocycles. The fraction of sp³-hybridized carbons (Fsp3) is 0.0690. The highest BCUT2D eigenvalue weighted by Crippen LogP contribution is 2.32. The van der Waals surface area contributed by atoms with Gasteiger partial charge in [-0.05, 0) is 59.7 Å². The maximum absolute atomic E-state index is 10.5. The summed E-state index contributed by atoms with van der Waals surface area (Å²) in [5.74, 6) is 0.166. The van der Waals surface area contributed by atoms with Gasteiger partial charge in [0.05, 0.1) is 22.0 Å². The van der Waals surface area contributed by atoms with Crippen molar-refractivity contribution in [1.82, 2.24) is 4.98 Å². The second-order valence-corrected chi connectivity index (χ2v) is 8.69. The van der Waals surface area contributed by atoms with Crippen LogP contribution in [0.25, 0.3) is 27.1 Å². The van der Waals surface area contributed by atoms with Crippen molar-refractivity contribution in [3.63, 3.8) is 0 Å². The Balaban J connectivity index is 0.000000361. The fourth-order valence-electron chi connectivity index (χ4n) is 3.44. The number of nitrogens with one attached hydrogen (secondary N) is 1. The van der Waals surface area contributed by atoms with E-state index in [1.54, 1.807) is 6.08 Å². The van der Waals surface area contributed by atoms with Gasteiger partial charge in [-0.3, -0.25) is 5.43 Å². The number of nitrogen functional groups attached to an aromatic ring is 1. The molecule has 5 rings (SSSR count). The Labute approximate surface area is 219 Å². The van der Waals surface area contributed by atoms with Crippen molar-refractivity contribution < 1.29 is 10.2 Å². The molecule has 4 aromatic carbocycles. The van der Waals surface area contributed by atoms with Gasteiger partial charge in [-0.1, -0.05) is 65.9 Å². The summed E-state index contributed by atoms with van der Waals surface area (Å²) in [5.41, 5.74) is 11.6. The van der Waals surface area contributed by atoms with Crippen LogP contribution in [-0.2, 0) is 0 Å². The molecule has 0 radical (unpaired) electrons. The number of aromatic nitrogens is 1. The van der Waals surface area contributed by atoms with Crippen molar-refractivity contribution in [2.75, 3.05) is 18.3 Å². The number of aryl methyl sites for hydroxylation is 1. The molecule has 186 valence electrons. The van der Waals surface area contributed by atoms with Crippen molar-refractivity contribution in [1.29, 1.82) is 5.26 Å². The number of allylic oxidation sites excluding steroid dienone is 1. The van der Waals surface area contributed by atoms with Crippen LogP contribution in [0.3, 0.4) is 0 Å². The number of phenolic OH excluding ortho intramolecular Hbond substituents is 1. The number of nitriles is 1. The van der Waals surface area contributed by atoms with E-state index >= 15 is 0 Å². The monoisotopic (exact) mass is 509 g/mol. The lowest BCUT2D eigenvalue weighted by Crippen LogP contribution is -1.91. The zero-order valence-electron chi connectivity index (χ0n) is 20.5. The number of nitrogens with two attached hydrogens (primary N) is 1. The molecule has 0 atom stereocenters. The number of phenols is 1. The Morgan fingerprint density at radius 3 is 2.38 bits per heavy atom. The summed E-state index contributed by atoms with van der Waals surface area (Å²) in [6, 6.07) is 29.1. The largest absolute Gasteiger partial charge is 0.507 e. The van der Waals surface area contributed by atoms with Gasteiger partial charge in [-0.2, -0.15) is 10.4 Å². The molecule has 1 aromatic heterocycles. The van der Waals surface area contributed by atoms with E-state index in [0.29, 0.717) is 16.3 Å². The van der Waals surface area contributed by atoms with Crippen molar-refractivity contribution in [3.8, 4) is 11.8 Å². The minimum absolute atomic E-state index is 0.166. The molecule has 7 nitrogen and oxygen atoms in total. The summed E-state index contributed by atoms with van der Waals surface area (Å²) in [7, 11) is 1.00. The number of aliphatic hydroxyl groups is 1. The fourth-order valence-corrected chi connectivity index (χ4v) is 4.26. The third-order valence-electron chi connectivity index (χ3n) is 5.14. The number of thiazole rings is 1. The van der Waals surface area contributed by atoms with Crippen molar-refractivity contribution in [2.45, 2.75) is 6.92 Å². The highest BCUT2D eigenvalue weighted by molar-refractivity contribution is 7.22. The average molecular weight is 510 g/mol. The van der Waals surface area contributed by atoms with Crippen LogP contribution in [0, 0.1) is 18.3 Å². The molecule has 37 heavy (non-hydrogen) atoms. The number of anilines is 2. The predicted octanol–water partition coefficient (Wildman–Crippen LogP) is 6.35. The van der Waals surface area contributed by atoms with Crippen molar-refractivity contribution in [2.24, 2.45) is 5.10 Å². The summed E-state index contributed by atoms with van der Waals surface area (Å²) in [6.45, 7) is 1.84. The lowest BCUT2D eigenvalue weighted by Gasteiger charge is -2.08. The molecule has 5 aromatic rings. The summed E-state index contributed by atoms with van der Waals surface area (Å²) in [6.07, 6.45) is 3.08. The summed E-state index contributed by atoms with van der Waals surface area (Å²) in [4.78, 5) is 4.44. The predicted molar refractivity (Wildman–Crippen MR) is 155 cm³/mol. The molecule has 0 fully saturated rings. The quantitative estimate of drug-likeness (QED) is 0.0968. The Morgan fingerprint density at radius 1 is 1.03 bits per heavy atom. The standard InChI is InChI=1S/C22H16N4OS.C6H7N.CH4O/c1-14-10-16-6-2-3-7-17(16)18(21(14)27)11-15(12-23)13-24-26-22-25-19-8-4-5-9-20(19)28-22;7-6-4-2-1-3-5-6;1-2/h2-11,13,27H,1H3,(H,25,26);1-5H,7H2;2H,1H3/b15-11+,24-13-;;. The molecule has 1 heterocycles. The lowest BCUT2D eigenvalue weighted by molar-refractivity contribution is 0.399. The number of nitrogens with zero attached hydrogens (tertiary/aromatic N) is 3. The maximum Gasteiger partial charge on any atom is 0.204 e. The molecule has 8 heteroatoms. The van der Waals surface area contributed by atoms with Gasteiger partial charge in [0.15, 0.2) is 0 Å². The van der Waals surface area contributed by atoms with Crippen LogP contribution in [0.2, 0.25) is 0 Å². The van der Waals surface area contributed by atoms with E-state index < -0.39 is 0 Å². The summed E-state index contributed by atoms with van der Waals surface area (Å²) in [5, 5.41) is 33.7. The highest BCUT2D eigenvalue weighted by Gasteiger charge is 2.09. The number of benzene rings is 4. The molecule has 5 N–H and O–H groups in total. The van der Waals surface area contributed by atoms with E-state index in [9.17, 15) is 10.4 Å². The van der Waals surface area contributed by atoms with E-state index in [2.05, 4.69) is 21.6 Å². The van der Waals surface area contributed by atoms with Gasteiger partial charge in [-0.15, -0.1) is 0 Å². The first-order valence-corrected chi connectivity index (χ1v) is 12.1. The molecule has 0 saturated carbocycles. The van der Waals surface area contributed by atoms with Crippen LogP contribution in [-0.4, -0.2) is 28.5 Å².